The molecule has 1 amide bonds. The molecular weight excluding hydrogens is 413 g/mol. The molecule has 0 aliphatic heterocycles. The molecule has 1 aromatic rings. The summed E-state index contributed by atoms with van der Waals surface area (Å²) in [7, 11) is 0. The van der Waals surface area contributed by atoms with Crippen molar-refractivity contribution in [2.24, 2.45) is 0 Å². The SMILES string of the molecule is CCOc1cc(/C=C(/NC(C)=O)C(=O)O)cc(I)c1OC(C)C. The second-order valence-corrected chi connectivity index (χ2v) is 6.14. The van der Waals surface area contributed by atoms with E-state index < -0.39 is 11.9 Å². The van der Waals surface area contributed by atoms with E-state index >= 15 is 0 Å². The Kier molecular flexibility index (Phi) is 7.34. The van der Waals surface area contributed by atoms with Crippen LogP contribution in [0.15, 0.2) is 17.8 Å². The summed E-state index contributed by atoms with van der Waals surface area (Å²) in [5, 5.41) is 11.5. The van der Waals surface area contributed by atoms with Crippen molar-refractivity contribution in [2.75, 3.05) is 6.61 Å². The highest BCUT2D eigenvalue weighted by molar-refractivity contribution is 14.1. The van der Waals surface area contributed by atoms with Crippen LogP contribution < -0.4 is 14.8 Å². The van der Waals surface area contributed by atoms with Crippen LogP contribution in [0.2, 0.25) is 0 Å². The molecule has 0 aromatic heterocycles. The van der Waals surface area contributed by atoms with E-state index in [4.69, 9.17) is 14.6 Å². The highest BCUT2D eigenvalue weighted by Gasteiger charge is 2.15. The summed E-state index contributed by atoms with van der Waals surface area (Å²) in [4.78, 5) is 22.3. The van der Waals surface area contributed by atoms with Crippen LogP contribution in [0, 0.1) is 3.57 Å². The Hall–Kier alpha value is -1.77. The number of nitrogens with one attached hydrogen (secondary N) is 1. The van der Waals surface area contributed by atoms with Gasteiger partial charge in [-0.05, 0) is 67.1 Å². The Bertz CT molecular complexity index is 625. The Morgan fingerprint density at radius 2 is 2.04 bits per heavy atom. The van der Waals surface area contributed by atoms with Gasteiger partial charge in [0.15, 0.2) is 11.5 Å². The van der Waals surface area contributed by atoms with E-state index in [2.05, 4.69) is 27.9 Å². The summed E-state index contributed by atoms with van der Waals surface area (Å²) < 4.78 is 12.1. The first-order valence-corrected chi connectivity index (χ1v) is 8.18. The van der Waals surface area contributed by atoms with Crippen LogP contribution >= 0.6 is 22.6 Å². The fraction of sp³-hybridized carbons (Fsp3) is 0.375. The third-order valence-corrected chi connectivity index (χ3v) is 3.34. The van der Waals surface area contributed by atoms with Crippen LogP contribution in [-0.4, -0.2) is 29.7 Å². The normalized spacial score (nSPS) is 11.3. The van der Waals surface area contributed by atoms with Gasteiger partial charge in [0.25, 0.3) is 0 Å². The van der Waals surface area contributed by atoms with E-state index in [9.17, 15) is 9.59 Å². The molecule has 7 heteroatoms. The van der Waals surface area contributed by atoms with Crippen molar-refractivity contribution in [3.8, 4) is 11.5 Å². The van der Waals surface area contributed by atoms with Crippen LogP contribution in [0.5, 0.6) is 11.5 Å². The first kappa shape index (κ1) is 19.3. The summed E-state index contributed by atoms with van der Waals surface area (Å²) in [6.07, 6.45) is 1.37. The van der Waals surface area contributed by atoms with Crippen LogP contribution in [0.1, 0.15) is 33.3 Å². The molecule has 0 aliphatic rings. The number of aliphatic carboxylic acids is 1. The zero-order valence-corrected chi connectivity index (χ0v) is 15.6. The van der Waals surface area contributed by atoms with E-state index in [-0.39, 0.29) is 11.8 Å². The van der Waals surface area contributed by atoms with Gasteiger partial charge in [0.05, 0.1) is 16.3 Å². The smallest absolute Gasteiger partial charge is 0.352 e. The molecule has 1 rings (SSSR count). The van der Waals surface area contributed by atoms with Crippen molar-refractivity contribution in [2.45, 2.75) is 33.8 Å². The zero-order valence-electron chi connectivity index (χ0n) is 13.5. The summed E-state index contributed by atoms with van der Waals surface area (Å²) in [6, 6.07) is 3.46. The number of halogens is 1. The predicted octanol–water partition coefficient (Wildman–Crippen LogP) is 3.04. The number of ether oxygens (including phenoxy) is 2. The van der Waals surface area contributed by atoms with E-state index in [0.29, 0.717) is 23.7 Å². The van der Waals surface area contributed by atoms with Gasteiger partial charge in [-0.25, -0.2) is 4.79 Å². The Balaban J connectivity index is 3.31. The van der Waals surface area contributed by atoms with Gasteiger partial charge in [0.2, 0.25) is 5.91 Å². The number of rotatable bonds is 7. The number of hydrogen-bond acceptors (Lipinski definition) is 4. The van der Waals surface area contributed by atoms with E-state index in [1.54, 1.807) is 12.1 Å². The average Bonchev–Trinajstić information content (AvgIpc) is 2.41. The molecule has 0 aliphatic carbocycles. The van der Waals surface area contributed by atoms with E-state index in [0.717, 1.165) is 3.57 Å². The number of amides is 1. The second-order valence-electron chi connectivity index (χ2n) is 4.97. The first-order valence-electron chi connectivity index (χ1n) is 7.10. The molecule has 2 N–H and O–H groups in total. The number of hydrogen-bond donors (Lipinski definition) is 2. The zero-order chi connectivity index (χ0) is 17.6. The van der Waals surface area contributed by atoms with Crippen LogP contribution in [0.25, 0.3) is 6.08 Å². The Morgan fingerprint density at radius 1 is 1.39 bits per heavy atom. The molecule has 0 radical (unpaired) electrons. The van der Waals surface area contributed by atoms with Gasteiger partial charge in [-0.1, -0.05) is 0 Å². The van der Waals surface area contributed by atoms with Crippen molar-refractivity contribution in [3.05, 3.63) is 27.0 Å². The number of carboxylic acid groups (broad SMARTS) is 1. The van der Waals surface area contributed by atoms with Gasteiger partial charge in [-0.3, -0.25) is 4.79 Å². The summed E-state index contributed by atoms with van der Waals surface area (Å²) >= 11 is 2.11. The van der Waals surface area contributed by atoms with Crippen LogP contribution in [-0.2, 0) is 9.59 Å². The Labute approximate surface area is 149 Å². The van der Waals surface area contributed by atoms with Crippen molar-refractivity contribution < 1.29 is 24.2 Å². The first-order chi connectivity index (χ1) is 10.7. The third-order valence-electron chi connectivity index (χ3n) is 2.54. The maximum Gasteiger partial charge on any atom is 0.352 e. The molecule has 0 saturated carbocycles. The van der Waals surface area contributed by atoms with Crippen molar-refractivity contribution >= 4 is 40.5 Å². The van der Waals surface area contributed by atoms with Crippen LogP contribution in [0.4, 0.5) is 0 Å². The lowest BCUT2D eigenvalue weighted by Crippen LogP contribution is -2.24. The summed E-state index contributed by atoms with van der Waals surface area (Å²) in [5.41, 5.74) is 0.397. The molecule has 0 spiro atoms. The minimum Gasteiger partial charge on any atom is -0.490 e. The fourth-order valence-electron chi connectivity index (χ4n) is 1.79. The van der Waals surface area contributed by atoms with Gasteiger partial charge in [0.1, 0.15) is 5.70 Å². The van der Waals surface area contributed by atoms with Crippen molar-refractivity contribution in [1.29, 1.82) is 0 Å². The average molecular weight is 433 g/mol. The van der Waals surface area contributed by atoms with Crippen molar-refractivity contribution in [1.82, 2.24) is 5.32 Å². The molecule has 126 valence electrons. The van der Waals surface area contributed by atoms with E-state index in [1.807, 2.05) is 20.8 Å². The van der Waals surface area contributed by atoms with Gasteiger partial charge < -0.3 is 19.9 Å². The molecule has 0 heterocycles. The largest absolute Gasteiger partial charge is 0.490 e. The molecule has 6 nitrogen and oxygen atoms in total. The minimum atomic E-state index is -1.21. The monoisotopic (exact) mass is 433 g/mol. The predicted molar refractivity (Wildman–Crippen MR) is 95.5 cm³/mol. The Morgan fingerprint density at radius 3 is 2.52 bits per heavy atom. The maximum absolute atomic E-state index is 11.2. The minimum absolute atomic E-state index is 0.0157. The lowest BCUT2D eigenvalue weighted by molar-refractivity contribution is -0.134. The molecule has 1 aromatic carbocycles. The molecule has 0 fully saturated rings. The number of carbonyl (C=O) groups excluding carboxylic acids is 1. The molecule has 0 saturated heterocycles. The van der Waals surface area contributed by atoms with Gasteiger partial charge in [0, 0.05) is 6.92 Å². The molecule has 0 atom stereocenters. The lowest BCUT2D eigenvalue weighted by Gasteiger charge is -2.17. The topological polar surface area (TPSA) is 84.9 Å². The maximum atomic E-state index is 11.2. The van der Waals surface area contributed by atoms with Crippen molar-refractivity contribution in [3.63, 3.8) is 0 Å². The lowest BCUT2D eigenvalue weighted by atomic mass is 10.1. The number of carbonyl (C=O) groups is 2. The summed E-state index contributed by atoms with van der Waals surface area (Å²) in [5.74, 6) is -0.503. The van der Waals surface area contributed by atoms with E-state index in [1.165, 1.54) is 13.0 Å². The number of benzene rings is 1. The second kappa shape index (κ2) is 8.76. The van der Waals surface area contributed by atoms with Gasteiger partial charge >= 0.3 is 5.97 Å². The van der Waals surface area contributed by atoms with Crippen LogP contribution in [0.3, 0.4) is 0 Å². The molecule has 23 heavy (non-hydrogen) atoms. The fourth-order valence-corrected chi connectivity index (χ4v) is 2.54. The highest BCUT2D eigenvalue weighted by Crippen LogP contribution is 2.35. The molecule has 0 unspecified atom stereocenters. The molecule has 0 bridgehead atoms. The number of carboxylic acids is 1. The van der Waals surface area contributed by atoms with Gasteiger partial charge in [-0.15, -0.1) is 0 Å². The van der Waals surface area contributed by atoms with Gasteiger partial charge in [-0.2, -0.15) is 0 Å². The standard InChI is InChI=1S/C16H20INO5/c1-5-22-14-8-11(6-12(17)15(14)23-9(2)3)7-13(16(20)21)18-10(4)19/h6-9H,5H2,1-4H3,(H,18,19)(H,20,21)/b13-7+. The summed E-state index contributed by atoms with van der Waals surface area (Å²) in [6.45, 7) is 7.40. The highest BCUT2D eigenvalue weighted by atomic mass is 127. The quantitative estimate of drug-likeness (QED) is 0.510. The third kappa shape index (κ3) is 6.09. The molecular formula is C16H20INO5.